The van der Waals surface area contributed by atoms with Gasteiger partial charge >= 0.3 is 0 Å². The van der Waals surface area contributed by atoms with Gasteiger partial charge in [0.05, 0.1) is 7.85 Å². The van der Waals surface area contributed by atoms with Gasteiger partial charge in [-0.25, -0.2) is 0 Å². The third kappa shape index (κ3) is 7.20. The Morgan fingerprint density at radius 3 is 2.42 bits per heavy atom. The number of hydrogen-bond acceptors (Lipinski definition) is 3. The van der Waals surface area contributed by atoms with Crippen LogP contribution in [0.4, 0.5) is 0 Å². The van der Waals surface area contributed by atoms with Crippen LogP contribution in [0.1, 0.15) is 25.7 Å². The SMILES string of the molecule is [B]CC(=O)NCCCCCCN1CCN(C=O)CC1. The van der Waals surface area contributed by atoms with Crippen molar-refractivity contribution in [2.75, 3.05) is 39.3 Å². The van der Waals surface area contributed by atoms with Gasteiger partial charge in [0.15, 0.2) is 0 Å². The lowest BCUT2D eigenvalue weighted by Gasteiger charge is -2.32. The second-order valence-corrected chi connectivity index (χ2v) is 4.95. The topological polar surface area (TPSA) is 52.7 Å². The van der Waals surface area contributed by atoms with Crippen LogP contribution in [0.25, 0.3) is 0 Å². The van der Waals surface area contributed by atoms with E-state index in [1.807, 2.05) is 4.90 Å². The minimum absolute atomic E-state index is 0.0759. The first-order valence-corrected chi connectivity index (χ1v) is 7.14. The summed E-state index contributed by atoms with van der Waals surface area (Å²) in [6.07, 6.45) is 5.54. The van der Waals surface area contributed by atoms with Crippen LogP contribution in [-0.2, 0) is 9.59 Å². The monoisotopic (exact) mass is 265 g/mol. The van der Waals surface area contributed by atoms with E-state index in [-0.39, 0.29) is 12.2 Å². The van der Waals surface area contributed by atoms with Crippen LogP contribution >= 0.6 is 0 Å². The first-order valence-electron chi connectivity index (χ1n) is 7.14. The van der Waals surface area contributed by atoms with Crippen LogP contribution in [0.15, 0.2) is 0 Å². The second kappa shape index (κ2) is 9.84. The fraction of sp³-hybridized carbons (Fsp3) is 0.846. The van der Waals surface area contributed by atoms with E-state index in [2.05, 4.69) is 10.2 Å². The van der Waals surface area contributed by atoms with Gasteiger partial charge in [0.2, 0.25) is 12.3 Å². The lowest BCUT2D eigenvalue weighted by Crippen LogP contribution is -2.45. The highest BCUT2D eigenvalue weighted by Gasteiger charge is 2.14. The van der Waals surface area contributed by atoms with Crippen LogP contribution in [0.5, 0.6) is 0 Å². The Morgan fingerprint density at radius 1 is 1.11 bits per heavy atom. The predicted octanol–water partition coefficient (Wildman–Crippen LogP) is 0.0238. The zero-order valence-electron chi connectivity index (χ0n) is 11.6. The molecule has 1 aliphatic heterocycles. The third-order valence-electron chi connectivity index (χ3n) is 3.46. The maximum absolute atomic E-state index is 10.9. The first kappa shape index (κ1) is 16.0. The average Bonchev–Trinajstić information content (AvgIpc) is 2.46. The minimum Gasteiger partial charge on any atom is -0.357 e. The molecule has 0 aromatic heterocycles. The van der Waals surface area contributed by atoms with Gasteiger partial charge in [-0.1, -0.05) is 12.8 Å². The molecule has 1 saturated heterocycles. The van der Waals surface area contributed by atoms with Crippen molar-refractivity contribution in [1.82, 2.24) is 15.1 Å². The van der Waals surface area contributed by atoms with Gasteiger partial charge in [-0.15, -0.1) is 0 Å². The summed E-state index contributed by atoms with van der Waals surface area (Å²) in [5.74, 6) is -0.0759. The summed E-state index contributed by atoms with van der Waals surface area (Å²) in [4.78, 5) is 25.7. The standard InChI is InChI=1S/C13H24BN3O2/c14-11-13(19)15-5-3-1-2-4-6-16-7-9-17(12-18)10-8-16/h12H,1-11H2,(H,15,19). The van der Waals surface area contributed by atoms with E-state index in [4.69, 9.17) is 7.85 Å². The summed E-state index contributed by atoms with van der Waals surface area (Å²) in [5, 5.41) is 2.77. The van der Waals surface area contributed by atoms with E-state index in [9.17, 15) is 9.59 Å². The Labute approximate surface area is 117 Å². The van der Waals surface area contributed by atoms with Crippen molar-refractivity contribution in [1.29, 1.82) is 0 Å². The van der Waals surface area contributed by atoms with Gasteiger partial charge in [0.1, 0.15) is 0 Å². The number of amides is 2. The number of carbonyl (C=O) groups is 2. The van der Waals surface area contributed by atoms with Gasteiger partial charge in [0.25, 0.3) is 0 Å². The van der Waals surface area contributed by atoms with E-state index in [0.29, 0.717) is 0 Å². The average molecular weight is 265 g/mol. The Bertz CT molecular complexity index is 269. The Kier molecular flexibility index (Phi) is 8.30. The molecule has 0 saturated carbocycles. The van der Waals surface area contributed by atoms with Crippen molar-refractivity contribution in [3.05, 3.63) is 0 Å². The normalized spacial score (nSPS) is 16.3. The fourth-order valence-corrected chi connectivity index (χ4v) is 2.21. The molecular formula is C13H24BN3O2. The number of piperazine rings is 1. The van der Waals surface area contributed by atoms with Gasteiger partial charge < -0.3 is 10.2 Å². The zero-order chi connectivity index (χ0) is 13.9. The molecule has 6 heteroatoms. The molecule has 0 atom stereocenters. The Hall–Kier alpha value is -1.04. The molecule has 1 heterocycles. The van der Waals surface area contributed by atoms with Crippen molar-refractivity contribution >= 4 is 20.2 Å². The molecule has 106 valence electrons. The Balaban J connectivity index is 1.88. The van der Waals surface area contributed by atoms with Crippen molar-refractivity contribution in [3.63, 3.8) is 0 Å². The fourth-order valence-electron chi connectivity index (χ4n) is 2.21. The van der Waals surface area contributed by atoms with E-state index in [0.717, 1.165) is 58.5 Å². The molecule has 0 aliphatic carbocycles. The lowest BCUT2D eigenvalue weighted by molar-refractivity contribution is -0.120. The number of unbranched alkanes of at least 4 members (excludes halogenated alkanes) is 3. The molecule has 0 aromatic carbocycles. The van der Waals surface area contributed by atoms with E-state index < -0.39 is 0 Å². The quantitative estimate of drug-likeness (QED) is 0.363. The number of nitrogens with zero attached hydrogens (tertiary/aromatic N) is 2. The van der Waals surface area contributed by atoms with Crippen LogP contribution in [0.3, 0.4) is 0 Å². The maximum atomic E-state index is 10.9. The zero-order valence-corrected chi connectivity index (χ0v) is 11.6. The molecule has 0 bridgehead atoms. The summed E-state index contributed by atoms with van der Waals surface area (Å²) in [6.45, 7) is 5.54. The van der Waals surface area contributed by atoms with E-state index in [1.54, 1.807) is 0 Å². The van der Waals surface area contributed by atoms with Crippen molar-refractivity contribution in [2.45, 2.75) is 32.0 Å². The molecule has 1 aliphatic rings. The molecule has 1 rings (SSSR count). The highest BCUT2D eigenvalue weighted by atomic mass is 16.1. The largest absolute Gasteiger partial charge is 0.357 e. The van der Waals surface area contributed by atoms with Gasteiger partial charge in [0, 0.05) is 32.7 Å². The highest BCUT2D eigenvalue weighted by molar-refractivity contribution is 6.19. The maximum Gasteiger partial charge on any atom is 0.211 e. The predicted molar refractivity (Wildman–Crippen MR) is 76.1 cm³/mol. The van der Waals surface area contributed by atoms with Crippen molar-refractivity contribution < 1.29 is 9.59 Å². The van der Waals surface area contributed by atoms with Crippen molar-refractivity contribution in [2.24, 2.45) is 0 Å². The summed E-state index contributed by atoms with van der Waals surface area (Å²) in [6, 6.07) is 0. The number of nitrogens with one attached hydrogen (secondary N) is 1. The first-order chi connectivity index (χ1) is 9.26. The van der Waals surface area contributed by atoms with Crippen LogP contribution in [0.2, 0.25) is 6.32 Å². The molecular weight excluding hydrogens is 241 g/mol. The number of carbonyl (C=O) groups excluding carboxylic acids is 2. The van der Waals surface area contributed by atoms with Gasteiger partial charge in [-0.2, -0.15) is 0 Å². The summed E-state index contributed by atoms with van der Waals surface area (Å²) < 4.78 is 0. The molecule has 1 N–H and O–H groups in total. The Morgan fingerprint density at radius 2 is 1.79 bits per heavy atom. The van der Waals surface area contributed by atoms with Gasteiger partial charge in [-0.05, 0) is 25.7 Å². The van der Waals surface area contributed by atoms with Crippen molar-refractivity contribution in [3.8, 4) is 0 Å². The molecule has 19 heavy (non-hydrogen) atoms. The number of rotatable bonds is 9. The van der Waals surface area contributed by atoms with E-state index in [1.165, 1.54) is 12.8 Å². The van der Waals surface area contributed by atoms with E-state index >= 15 is 0 Å². The van der Waals surface area contributed by atoms with Crippen LogP contribution in [0, 0.1) is 0 Å². The second-order valence-electron chi connectivity index (χ2n) is 4.95. The molecule has 2 amide bonds. The smallest absolute Gasteiger partial charge is 0.211 e. The minimum atomic E-state index is -0.0759. The van der Waals surface area contributed by atoms with Crippen LogP contribution < -0.4 is 5.32 Å². The third-order valence-corrected chi connectivity index (χ3v) is 3.46. The van der Waals surface area contributed by atoms with Crippen LogP contribution in [-0.4, -0.2) is 69.2 Å². The molecule has 0 spiro atoms. The number of hydrogen-bond donors (Lipinski definition) is 1. The molecule has 1 fully saturated rings. The lowest BCUT2D eigenvalue weighted by atomic mass is 10.1. The van der Waals surface area contributed by atoms with Gasteiger partial charge in [-0.3, -0.25) is 14.5 Å². The summed E-state index contributed by atoms with van der Waals surface area (Å²) in [5.41, 5.74) is 0. The molecule has 2 radical (unpaired) electrons. The highest BCUT2D eigenvalue weighted by Crippen LogP contribution is 2.04. The summed E-state index contributed by atoms with van der Waals surface area (Å²) in [7, 11) is 5.19. The molecule has 0 aromatic rings. The molecule has 0 unspecified atom stereocenters. The summed E-state index contributed by atoms with van der Waals surface area (Å²) >= 11 is 0. The molecule has 5 nitrogen and oxygen atoms in total.